The van der Waals surface area contributed by atoms with Crippen molar-refractivity contribution in [2.75, 3.05) is 0 Å². The number of hydrogen-bond acceptors (Lipinski definition) is 2. The monoisotopic (exact) mass is 453 g/mol. The fourth-order valence-corrected chi connectivity index (χ4v) is 3.63. The zero-order chi connectivity index (χ0) is 20.6. The van der Waals surface area contributed by atoms with Gasteiger partial charge in [0.05, 0.1) is 11.8 Å². The molecule has 0 amide bonds. The van der Waals surface area contributed by atoms with Gasteiger partial charge in [-0.25, -0.2) is 0 Å². The SMILES string of the molecule is CC(C)(C)c1cccc(C(=NC2CCCCC2)c2ccccc2)c1O.[Cl][Ti][Cl]. The first-order valence-electron chi connectivity index (χ1n) is 9.80. The summed E-state index contributed by atoms with van der Waals surface area (Å²) in [5, 5.41) is 11.0. The maximum atomic E-state index is 11.0. The van der Waals surface area contributed by atoms with E-state index in [2.05, 4.69) is 32.9 Å². The van der Waals surface area contributed by atoms with Gasteiger partial charge in [0.15, 0.2) is 0 Å². The van der Waals surface area contributed by atoms with Crippen LogP contribution in [0.2, 0.25) is 0 Å². The van der Waals surface area contributed by atoms with E-state index >= 15 is 0 Å². The number of aliphatic imine (C=N–C) groups is 1. The van der Waals surface area contributed by atoms with Crippen LogP contribution in [0.15, 0.2) is 53.5 Å². The van der Waals surface area contributed by atoms with Gasteiger partial charge < -0.3 is 5.11 Å². The van der Waals surface area contributed by atoms with E-state index in [4.69, 9.17) is 23.6 Å². The summed E-state index contributed by atoms with van der Waals surface area (Å²) in [6.07, 6.45) is 6.12. The molecule has 2 nitrogen and oxygen atoms in total. The summed E-state index contributed by atoms with van der Waals surface area (Å²) >= 11 is -0.556. The Morgan fingerprint density at radius 1 is 0.964 bits per heavy atom. The fraction of sp³-hybridized carbons (Fsp3) is 0.435. The van der Waals surface area contributed by atoms with Crippen LogP contribution < -0.4 is 0 Å². The molecule has 150 valence electrons. The van der Waals surface area contributed by atoms with Crippen LogP contribution in [0.1, 0.15) is 69.6 Å². The molecule has 0 unspecified atom stereocenters. The van der Waals surface area contributed by atoms with Gasteiger partial charge >= 0.3 is 35.6 Å². The zero-order valence-electron chi connectivity index (χ0n) is 16.9. The first kappa shape index (κ1) is 23.5. The molecule has 0 heterocycles. The van der Waals surface area contributed by atoms with Crippen molar-refractivity contribution in [1.29, 1.82) is 0 Å². The number of benzene rings is 2. The summed E-state index contributed by atoms with van der Waals surface area (Å²) in [6, 6.07) is 16.7. The molecule has 0 spiro atoms. The predicted octanol–water partition coefficient (Wildman–Crippen LogP) is 7.24. The van der Waals surface area contributed by atoms with Crippen molar-refractivity contribution in [3.8, 4) is 5.75 Å². The summed E-state index contributed by atoms with van der Waals surface area (Å²) in [6.45, 7) is 6.39. The van der Waals surface area contributed by atoms with Crippen LogP contribution in [0, 0.1) is 0 Å². The molecule has 1 N–H and O–H groups in total. The van der Waals surface area contributed by atoms with Crippen LogP contribution in [-0.2, 0) is 22.4 Å². The Bertz CT molecular complexity index is 766. The standard InChI is InChI=1S/C23H29NO.2ClH.Ti/c1-23(2,3)20-16-10-15-19(22(20)25)21(17-11-6-4-7-12-17)24-18-13-8-5-9-14-18;;;/h4,6-7,10-12,15-16,18,25H,5,8-9,13-14H2,1-3H3;2*1H;/q;;;+2/p-2. The number of nitrogens with zero attached hydrogens (tertiary/aromatic N) is 1. The van der Waals surface area contributed by atoms with Gasteiger partial charge in [0, 0.05) is 11.1 Å². The normalized spacial score (nSPS) is 15.5. The van der Waals surface area contributed by atoms with Gasteiger partial charge in [-0.3, -0.25) is 4.99 Å². The quantitative estimate of drug-likeness (QED) is 0.385. The van der Waals surface area contributed by atoms with Crippen molar-refractivity contribution in [3.63, 3.8) is 0 Å². The Kier molecular flexibility index (Phi) is 9.57. The van der Waals surface area contributed by atoms with Crippen molar-refractivity contribution in [3.05, 3.63) is 65.2 Å². The molecule has 0 aliphatic heterocycles. The molecule has 0 radical (unpaired) electrons. The van der Waals surface area contributed by atoms with Crippen LogP contribution in [0.3, 0.4) is 0 Å². The van der Waals surface area contributed by atoms with Gasteiger partial charge in [0.2, 0.25) is 0 Å². The van der Waals surface area contributed by atoms with E-state index in [0.717, 1.165) is 35.2 Å². The molecule has 2 aromatic rings. The van der Waals surface area contributed by atoms with E-state index in [1.54, 1.807) is 0 Å². The Balaban J connectivity index is 0.000000878. The molecule has 1 aliphatic rings. The molecule has 0 atom stereocenters. The van der Waals surface area contributed by atoms with Gasteiger partial charge in [-0.05, 0) is 29.9 Å². The Morgan fingerprint density at radius 2 is 1.57 bits per heavy atom. The topological polar surface area (TPSA) is 32.6 Å². The zero-order valence-corrected chi connectivity index (χ0v) is 20.0. The molecule has 0 aromatic heterocycles. The van der Waals surface area contributed by atoms with Crippen molar-refractivity contribution in [2.24, 2.45) is 4.99 Å². The minimum atomic E-state index is -0.556. The van der Waals surface area contributed by atoms with Crippen molar-refractivity contribution in [1.82, 2.24) is 0 Å². The summed E-state index contributed by atoms with van der Waals surface area (Å²) in [4.78, 5) is 5.12. The number of rotatable bonds is 3. The van der Waals surface area contributed by atoms with Crippen LogP contribution in [0.4, 0.5) is 0 Å². The second-order valence-corrected chi connectivity index (χ2v) is 10.7. The molecule has 1 fully saturated rings. The number of para-hydroxylation sites is 1. The van der Waals surface area contributed by atoms with E-state index in [0.29, 0.717) is 11.8 Å². The third-order valence-corrected chi connectivity index (χ3v) is 5.03. The fourth-order valence-electron chi connectivity index (χ4n) is 3.63. The van der Waals surface area contributed by atoms with Crippen molar-refractivity contribution >= 4 is 24.3 Å². The van der Waals surface area contributed by atoms with Crippen LogP contribution in [0.25, 0.3) is 0 Å². The minimum absolute atomic E-state index is 0.104. The molecule has 3 rings (SSSR count). The first-order valence-corrected chi connectivity index (χ1v) is 14.1. The van der Waals surface area contributed by atoms with Crippen molar-refractivity contribution < 1.29 is 22.1 Å². The number of phenols is 1. The second-order valence-electron chi connectivity index (χ2n) is 8.16. The molecular formula is C23H29Cl2NOTi. The Labute approximate surface area is 186 Å². The first-order chi connectivity index (χ1) is 13.4. The summed E-state index contributed by atoms with van der Waals surface area (Å²) < 4.78 is 0. The van der Waals surface area contributed by atoms with Crippen LogP contribution >= 0.6 is 18.6 Å². The van der Waals surface area contributed by atoms with E-state index in [1.165, 1.54) is 19.3 Å². The molecule has 1 saturated carbocycles. The maximum absolute atomic E-state index is 11.0. The van der Waals surface area contributed by atoms with E-state index in [1.807, 2.05) is 36.4 Å². The molecule has 0 saturated heterocycles. The van der Waals surface area contributed by atoms with Gasteiger partial charge in [-0.2, -0.15) is 0 Å². The van der Waals surface area contributed by atoms with Gasteiger partial charge in [0.25, 0.3) is 0 Å². The summed E-state index contributed by atoms with van der Waals surface area (Å²) in [5.41, 5.74) is 3.72. The van der Waals surface area contributed by atoms with Crippen LogP contribution in [-0.4, -0.2) is 16.9 Å². The number of aromatic hydroxyl groups is 1. The molecule has 0 bridgehead atoms. The predicted molar refractivity (Wildman–Crippen MR) is 117 cm³/mol. The van der Waals surface area contributed by atoms with E-state index in [-0.39, 0.29) is 5.41 Å². The van der Waals surface area contributed by atoms with E-state index in [9.17, 15) is 5.11 Å². The molecule has 28 heavy (non-hydrogen) atoms. The average molecular weight is 454 g/mol. The number of phenolic OH excluding ortho intramolecular Hbond substituents is 1. The average Bonchev–Trinajstić information content (AvgIpc) is 2.68. The summed E-state index contributed by atoms with van der Waals surface area (Å²) in [5.74, 6) is 0.369. The Morgan fingerprint density at radius 3 is 2.14 bits per heavy atom. The van der Waals surface area contributed by atoms with Gasteiger partial charge in [0.1, 0.15) is 5.75 Å². The molecule has 2 aromatic carbocycles. The van der Waals surface area contributed by atoms with Crippen LogP contribution in [0.5, 0.6) is 5.75 Å². The van der Waals surface area contributed by atoms with Gasteiger partial charge in [-0.15, -0.1) is 0 Å². The van der Waals surface area contributed by atoms with Gasteiger partial charge in [-0.1, -0.05) is 82.5 Å². The summed E-state index contributed by atoms with van der Waals surface area (Å²) in [7, 11) is 9.78. The molecule has 5 heteroatoms. The molecule has 1 aliphatic carbocycles. The molecular weight excluding hydrogens is 425 g/mol. The van der Waals surface area contributed by atoms with E-state index < -0.39 is 17.0 Å². The number of halogens is 2. The third-order valence-electron chi connectivity index (χ3n) is 5.03. The number of hydrogen-bond donors (Lipinski definition) is 1. The third kappa shape index (κ3) is 6.63. The van der Waals surface area contributed by atoms with Crippen molar-refractivity contribution in [2.45, 2.75) is 64.3 Å². The second kappa shape index (κ2) is 11.4. The Hall–Kier alpha value is -0.796.